The molecule has 182 valence electrons. The van der Waals surface area contributed by atoms with Crippen LogP contribution < -0.4 is 10.6 Å². The van der Waals surface area contributed by atoms with Crippen LogP contribution in [0.3, 0.4) is 0 Å². The highest BCUT2D eigenvalue weighted by molar-refractivity contribution is 7.15. The number of piperidine rings is 1. The third-order valence-electron chi connectivity index (χ3n) is 6.34. The number of hydrogen-bond acceptors (Lipinski definition) is 7. The number of amides is 3. The summed E-state index contributed by atoms with van der Waals surface area (Å²) in [6.07, 6.45) is 6.57. The van der Waals surface area contributed by atoms with E-state index in [2.05, 4.69) is 25.7 Å². The number of anilines is 1. The number of carbonyl (C=O) groups is 3. The van der Waals surface area contributed by atoms with Gasteiger partial charge in [0.05, 0.1) is 5.92 Å². The van der Waals surface area contributed by atoms with Gasteiger partial charge in [-0.2, -0.15) is 0 Å². The van der Waals surface area contributed by atoms with Crippen LogP contribution in [-0.2, 0) is 4.79 Å². The Hall–Kier alpha value is -2.85. The van der Waals surface area contributed by atoms with Crippen LogP contribution in [0.4, 0.5) is 5.69 Å². The zero-order valence-corrected chi connectivity index (χ0v) is 20.2. The van der Waals surface area contributed by atoms with E-state index >= 15 is 0 Å². The van der Waals surface area contributed by atoms with E-state index < -0.39 is 5.91 Å². The lowest BCUT2D eigenvalue weighted by Crippen LogP contribution is -2.46. The number of nitrogens with one attached hydrogen (secondary N) is 2. The molecule has 3 heterocycles. The summed E-state index contributed by atoms with van der Waals surface area (Å²) in [5.41, 5.74) is 0.649. The SMILES string of the molecule is O=C(Nc1ccccc1)c1nnc(C(=O)N2CCC[C@@H](C(=O)NCCN3CCCCCC3)C2)s1. The summed E-state index contributed by atoms with van der Waals surface area (Å²) in [5, 5.41) is 14.0. The van der Waals surface area contributed by atoms with Crippen molar-refractivity contribution in [3.8, 4) is 0 Å². The van der Waals surface area contributed by atoms with Gasteiger partial charge in [-0.3, -0.25) is 14.4 Å². The third-order valence-corrected chi connectivity index (χ3v) is 7.25. The number of rotatable bonds is 7. The molecule has 2 aliphatic heterocycles. The van der Waals surface area contributed by atoms with E-state index in [9.17, 15) is 14.4 Å². The van der Waals surface area contributed by atoms with Gasteiger partial charge in [-0.1, -0.05) is 42.4 Å². The molecule has 10 heteroatoms. The van der Waals surface area contributed by atoms with E-state index in [-0.39, 0.29) is 27.7 Å². The van der Waals surface area contributed by atoms with E-state index in [1.165, 1.54) is 25.7 Å². The van der Waals surface area contributed by atoms with Gasteiger partial charge in [-0.05, 0) is 50.9 Å². The quantitative estimate of drug-likeness (QED) is 0.626. The molecule has 0 aliphatic carbocycles. The van der Waals surface area contributed by atoms with Crippen molar-refractivity contribution in [1.82, 2.24) is 25.3 Å². The van der Waals surface area contributed by atoms with Gasteiger partial charge >= 0.3 is 0 Å². The second kappa shape index (κ2) is 12.0. The lowest BCUT2D eigenvalue weighted by atomic mass is 9.97. The number of hydrogen-bond donors (Lipinski definition) is 2. The molecule has 2 aliphatic rings. The first-order valence-corrected chi connectivity index (χ1v) is 12.9. The zero-order chi connectivity index (χ0) is 23.8. The number of para-hydroxylation sites is 1. The van der Waals surface area contributed by atoms with Crippen molar-refractivity contribution in [2.45, 2.75) is 38.5 Å². The molecule has 4 rings (SSSR count). The monoisotopic (exact) mass is 484 g/mol. The fourth-order valence-electron chi connectivity index (χ4n) is 4.46. The number of nitrogens with zero attached hydrogens (tertiary/aromatic N) is 4. The van der Waals surface area contributed by atoms with Gasteiger partial charge in [0.1, 0.15) is 0 Å². The van der Waals surface area contributed by atoms with E-state index in [1.807, 2.05) is 18.2 Å². The topological polar surface area (TPSA) is 108 Å². The molecule has 0 bridgehead atoms. The molecule has 0 spiro atoms. The Balaban J connectivity index is 1.26. The van der Waals surface area contributed by atoms with E-state index in [0.29, 0.717) is 25.3 Å². The van der Waals surface area contributed by atoms with Crippen molar-refractivity contribution in [2.24, 2.45) is 5.92 Å². The van der Waals surface area contributed by atoms with E-state index in [1.54, 1.807) is 17.0 Å². The molecular weight excluding hydrogens is 452 g/mol. The zero-order valence-electron chi connectivity index (χ0n) is 19.4. The van der Waals surface area contributed by atoms with Gasteiger partial charge in [-0.15, -0.1) is 10.2 Å². The molecule has 3 amide bonds. The summed E-state index contributed by atoms with van der Waals surface area (Å²) in [5.74, 6) is -0.899. The number of likely N-dealkylation sites (tertiary alicyclic amines) is 2. The molecular formula is C24H32N6O3S. The van der Waals surface area contributed by atoms with Crippen LogP contribution in [0, 0.1) is 5.92 Å². The van der Waals surface area contributed by atoms with Crippen LogP contribution in [-0.4, -0.2) is 77.0 Å². The van der Waals surface area contributed by atoms with Crippen LogP contribution in [0.15, 0.2) is 30.3 Å². The Bertz CT molecular complexity index is 974. The largest absolute Gasteiger partial charge is 0.355 e. The fraction of sp³-hybridized carbons (Fsp3) is 0.542. The summed E-state index contributed by atoms with van der Waals surface area (Å²) >= 11 is 0.971. The Kier molecular flexibility index (Phi) is 8.59. The predicted octanol–water partition coefficient (Wildman–Crippen LogP) is 2.63. The minimum atomic E-state index is -0.400. The van der Waals surface area contributed by atoms with Crippen molar-refractivity contribution in [1.29, 1.82) is 0 Å². The summed E-state index contributed by atoms with van der Waals surface area (Å²) < 4.78 is 0. The molecule has 2 N–H and O–H groups in total. The molecule has 34 heavy (non-hydrogen) atoms. The Labute approximate surface area is 203 Å². The van der Waals surface area contributed by atoms with Gasteiger partial charge in [0, 0.05) is 31.9 Å². The first-order valence-electron chi connectivity index (χ1n) is 12.1. The first kappa shape index (κ1) is 24.3. The lowest BCUT2D eigenvalue weighted by Gasteiger charge is -2.31. The molecule has 1 aromatic carbocycles. The minimum Gasteiger partial charge on any atom is -0.355 e. The van der Waals surface area contributed by atoms with Crippen molar-refractivity contribution in [3.63, 3.8) is 0 Å². The maximum Gasteiger partial charge on any atom is 0.286 e. The van der Waals surface area contributed by atoms with Crippen molar-refractivity contribution in [2.75, 3.05) is 44.6 Å². The Morgan fingerprint density at radius 2 is 1.68 bits per heavy atom. The molecule has 1 atom stereocenters. The Morgan fingerprint density at radius 3 is 2.44 bits per heavy atom. The van der Waals surface area contributed by atoms with Gasteiger partial charge in [-0.25, -0.2) is 0 Å². The maximum absolute atomic E-state index is 13.0. The molecule has 9 nitrogen and oxygen atoms in total. The second-order valence-electron chi connectivity index (χ2n) is 8.87. The van der Waals surface area contributed by atoms with Gasteiger partial charge in [0.2, 0.25) is 15.9 Å². The number of benzene rings is 1. The van der Waals surface area contributed by atoms with Crippen LogP contribution in [0.1, 0.15) is 58.1 Å². The molecule has 1 aromatic heterocycles. The minimum absolute atomic E-state index is 0.00696. The number of carbonyl (C=O) groups excluding carboxylic acids is 3. The fourth-order valence-corrected chi connectivity index (χ4v) is 5.17. The van der Waals surface area contributed by atoms with Gasteiger partial charge in [0.25, 0.3) is 11.8 Å². The first-order chi connectivity index (χ1) is 16.6. The Morgan fingerprint density at radius 1 is 0.941 bits per heavy atom. The summed E-state index contributed by atoms with van der Waals surface area (Å²) in [4.78, 5) is 42.2. The highest BCUT2D eigenvalue weighted by Gasteiger charge is 2.31. The number of aromatic nitrogens is 2. The molecule has 2 saturated heterocycles. The highest BCUT2D eigenvalue weighted by Crippen LogP contribution is 2.21. The normalized spacial score (nSPS) is 19.3. The smallest absolute Gasteiger partial charge is 0.286 e. The standard InChI is InChI=1S/C24H32N6O3S/c31-20(25-12-16-29-13-6-1-2-7-14-29)18-9-8-15-30(17-18)24(33)23-28-27-22(34-23)21(32)26-19-10-4-3-5-11-19/h3-5,10-11,18H,1-2,6-9,12-17H2,(H,25,31)(H,26,32)/t18-/m1/s1. The van der Waals surface area contributed by atoms with Gasteiger partial charge < -0.3 is 20.4 Å². The molecule has 0 unspecified atom stereocenters. The maximum atomic E-state index is 13.0. The molecule has 0 radical (unpaired) electrons. The van der Waals surface area contributed by atoms with Crippen LogP contribution in [0.5, 0.6) is 0 Å². The van der Waals surface area contributed by atoms with E-state index in [0.717, 1.165) is 43.8 Å². The van der Waals surface area contributed by atoms with Crippen molar-refractivity contribution >= 4 is 34.7 Å². The second-order valence-corrected chi connectivity index (χ2v) is 9.85. The van der Waals surface area contributed by atoms with Crippen molar-refractivity contribution < 1.29 is 14.4 Å². The van der Waals surface area contributed by atoms with E-state index in [4.69, 9.17) is 0 Å². The lowest BCUT2D eigenvalue weighted by molar-refractivity contribution is -0.126. The third kappa shape index (κ3) is 6.60. The van der Waals surface area contributed by atoms with Crippen LogP contribution in [0.2, 0.25) is 0 Å². The van der Waals surface area contributed by atoms with Gasteiger partial charge in [0.15, 0.2) is 0 Å². The predicted molar refractivity (Wildman–Crippen MR) is 131 cm³/mol. The molecule has 2 aromatic rings. The van der Waals surface area contributed by atoms with Crippen LogP contribution >= 0.6 is 11.3 Å². The highest BCUT2D eigenvalue weighted by atomic mass is 32.1. The average Bonchev–Trinajstić information content (AvgIpc) is 3.22. The summed E-state index contributed by atoms with van der Waals surface area (Å²) in [6.45, 7) is 4.66. The molecule has 2 fully saturated rings. The van der Waals surface area contributed by atoms with Crippen molar-refractivity contribution in [3.05, 3.63) is 40.3 Å². The summed E-state index contributed by atoms with van der Waals surface area (Å²) in [6, 6.07) is 9.06. The summed E-state index contributed by atoms with van der Waals surface area (Å²) in [7, 11) is 0. The van der Waals surface area contributed by atoms with Crippen LogP contribution in [0.25, 0.3) is 0 Å². The molecule has 0 saturated carbocycles. The average molecular weight is 485 g/mol.